The maximum Gasteiger partial charge on any atom is 0.303 e. The predicted molar refractivity (Wildman–Crippen MR) is 84.9 cm³/mol. The van der Waals surface area contributed by atoms with Gasteiger partial charge in [-0.25, -0.2) is 0 Å². The molecule has 0 aromatic rings. The summed E-state index contributed by atoms with van der Waals surface area (Å²) in [7, 11) is 0. The van der Waals surface area contributed by atoms with E-state index in [0.29, 0.717) is 0 Å². The van der Waals surface area contributed by atoms with E-state index in [-0.39, 0.29) is 6.29 Å². The average Bonchev–Trinajstić information content (AvgIpc) is 2.81. The van der Waals surface area contributed by atoms with Crippen LogP contribution in [-0.2, 0) is 52.5 Å². The molecule has 0 bridgehead atoms. The van der Waals surface area contributed by atoms with Crippen LogP contribution in [0.15, 0.2) is 0 Å². The Hall–Kier alpha value is -2.98. The molecule has 0 spiro atoms. The number of hydrogen-bond donors (Lipinski definition) is 0. The van der Waals surface area contributed by atoms with Crippen molar-refractivity contribution >= 4 is 36.1 Å². The largest absolute Gasteiger partial charge is 0.462 e. The summed E-state index contributed by atoms with van der Waals surface area (Å²) in [6, 6.07) is 0. The van der Waals surface area contributed by atoms with Crippen LogP contribution in [0.2, 0.25) is 0 Å². The van der Waals surface area contributed by atoms with Crippen molar-refractivity contribution in [1.29, 1.82) is 0 Å². The summed E-state index contributed by atoms with van der Waals surface area (Å²) in [5, 5.41) is 0. The first-order chi connectivity index (χ1) is 15.2. The number of ether oxygens (including phenoxy) is 5. The molecular weight excluding hydrogens is 368 g/mol. The third-order valence-corrected chi connectivity index (χ3v) is 2.64. The molecule has 152 valence electrons. The summed E-state index contributed by atoms with van der Waals surface area (Å²) in [6.45, 7) is -5.60. The normalized spacial score (nSPS) is 17.0. The molecule has 11 heteroatoms. The Balaban J connectivity index is 6.32. The summed E-state index contributed by atoms with van der Waals surface area (Å²) < 4.78 is 59.2. The summed E-state index contributed by atoms with van der Waals surface area (Å²) in [5.74, 6) is -6.14. The number of hydrogen-bond acceptors (Lipinski definition) is 11. The van der Waals surface area contributed by atoms with Crippen LogP contribution in [0.3, 0.4) is 0 Å². The zero-order valence-electron chi connectivity index (χ0n) is 19.1. The van der Waals surface area contributed by atoms with Gasteiger partial charge in [-0.05, 0) is 0 Å². The van der Waals surface area contributed by atoms with E-state index < -0.39 is 95.4 Å². The van der Waals surface area contributed by atoms with Crippen LogP contribution in [0, 0.1) is 0 Å². The summed E-state index contributed by atoms with van der Waals surface area (Å²) in [4.78, 5) is 69.6. The lowest BCUT2D eigenvalue weighted by Gasteiger charge is -2.33. The monoisotopic (exact) mass is 395 g/mol. The summed E-state index contributed by atoms with van der Waals surface area (Å²) >= 11 is 0. The fraction of sp³-hybridized carbons (Fsp3) is 0.625. The van der Waals surface area contributed by atoms with Gasteiger partial charge in [0.15, 0.2) is 30.7 Å². The maximum atomic E-state index is 11.8. The van der Waals surface area contributed by atoms with Crippen molar-refractivity contribution in [1.82, 2.24) is 0 Å². The van der Waals surface area contributed by atoms with Crippen molar-refractivity contribution in [3.63, 3.8) is 0 Å². The molecule has 0 rings (SSSR count). The average molecular weight is 395 g/mol. The fourth-order valence-electron chi connectivity index (χ4n) is 1.84. The second kappa shape index (κ2) is 11.6. The topological polar surface area (TPSA) is 149 Å². The minimum atomic E-state index is -2.05. The van der Waals surface area contributed by atoms with E-state index in [1.807, 2.05) is 0 Å². The Labute approximate surface area is 162 Å². The van der Waals surface area contributed by atoms with Gasteiger partial charge in [0.25, 0.3) is 0 Å². The van der Waals surface area contributed by atoms with Gasteiger partial charge < -0.3 is 23.7 Å². The molecule has 0 aromatic carbocycles. The molecule has 11 nitrogen and oxygen atoms in total. The van der Waals surface area contributed by atoms with Crippen molar-refractivity contribution in [3.05, 3.63) is 0 Å². The van der Waals surface area contributed by atoms with E-state index in [1.54, 1.807) is 0 Å². The summed E-state index contributed by atoms with van der Waals surface area (Å²) in [5.41, 5.74) is 0. The van der Waals surface area contributed by atoms with Gasteiger partial charge in [0.2, 0.25) is 0 Å². The molecule has 0 aliphatic carbocycles. The van der Waals surface area contributed by atoms with Gasteiger partial charge in [-0.1, -0.05) is 0 Å². The van der Waals surface area contributed by atoms with E-state index in [0.717, 1.165) is 0 Å². The van der Waals surface area contributed by atoms with Gasteiger partial charge >= 0.3 is 29.8 Å². The SMILES string of the molecule is [2H]CC(=O)OC[C@@H](OC(=O)C[2H])[C@@H](OC(=O)C[2H])[C@@H](OC(=O)C[2H])[C@@H](C=O)OC(=O)C[2H]. The Bertz CT molecular complexity index is 675. The standard InChI is InChI=1S/C16H22O11/c1-8(18)23-7-14(25-10(3)20)16(27-12(5)22)15(26-11(4)21)13(6-17)24-9(2)19/h6,13-16H,7H2,1-5H3/t13-,14-,15+,16-/m1/s1/i1D,2D,3D,4D,5D. The van der Waals surface area contributed by atoms with E-state index >= 15 is 0 Å². The molecule has 0 fully saturated rings. The van der Waals surface area contributed by atoms with Gasteiger partial charge in [-0.3, -0.25) is 28.8 Å². The first kappa shape index (κ1) is 16.2. The highest BCUT2D eigenvalue weighted by Crippen LogP contribution is 2.19. The van der Waals surface area contributed by atoms with Gasteiger partial charge in [0.1, 0.15) is 6.61 Å². The Morgan fingerprint density at radius 3 is 1.74 bits per heavy atom. The second-order valence-electron chi connectivity index (χ2n) is 4.71. The van der Waals surface area contributed by atoms with E-state index in [4.69, 9.17) is 25.8 Å². The summed E-state index contributed by atoms with van der Waals surface area (Å²) in [6.07, 6.45) is -7.95. The number of carbonyl (C=O) groups is 6. The molecule has 0 radical (unpaired) electrons. The Morgan fingerprint density at radius 1 is 0.741 bits per heavy atom. The van der Waals surface area contributed by atoms with Crippen LogP contribution in [-0.4, -0.2) is 67.2 Å². The molecule has 0 aromatic heterocycles. The number of aldehydes is 1. The van der Waals surface area contributed by atoms with Crippen LogP contribution in [0.1, 0.15) is 41.4 Å². The van der Waals surface area contributed by atoms with E-state index in [9.17, 15) is 28.8 Å². The smallest absolute Gasteiger partial charge is 0.303 e. The molecule has 0 N–H and O–H groups in total. The molecule has 0 saturated carbocycles. The number of rotatable bonds is 10. The number of esters is 5. The Morgan fingerprint density at radius 2 is 1.22 bits per heavy atom. The fourth-order valence-corrected chi connectivity index (χ4v) is 1.84. The molecule has 4 atom stereocenters. The van der Waals surface area contributed by atoms with Crippen LogP contribution in [0.5, 0.6) is 0 Å². The molecule has 27 heavy (non-hydrogen) atoms. The van der Waals surface area contributed by atoms with Crippen LogP contribution < -0.4 is 0 Å². The lowest BCUT2D eigenvalue weighted by atomic mass is 10.0. The lowest BCUT2D eigenvalue weighted by Crippen LogP contribution is -2.53. The van der Waals surface area contributed by atoms with Crippen molar-refractivity contribution in [2.45, 2.75) is 58.9 Å². The highest BCUT2D eigenvalue weighted by Gasteiger charge is 2.43. The van der Waals surface area contributed by atoms with Crippen LogP contribution >= 0.6 is 0 Å². The minimum Gasteiger partial charge on any atom is -0.462 e. The van der Waals surface area contributed by atoms with E-state index in [2.05, 4.69) is 4.74 Å². The van der Waals surface area contributed by atoms with Gasteiger partial charge in [0, 0.05) is 41.4 Å². The van der Waals surface area contributed by atoms with Crippen LogP contribution in [0.25, 0.3) is 0 Å². The van der Waals surface area contributed by atoms with Gasteiger partial charge in [-0.2, -0.15) is 0 Å². The zero-order chi connectivity index (χ0) is 24.7. The van der Waals surface area contributed by atoms with Crippen molar-refractivity contribution in [3.8, 4) is 0 Å². The Kier molecular flexibility index (Phi) is 6.97. The highest BCUT2D eigenvalue weighted by atomic mass is 16.6. The molecular formula is C16H22O11. The van der Waals surface area contributed by atoms with E-state index in [1.165, 1.54) is 0 Å². The zero-order valence-corrected chi connectivity index (χ0v) is 14.1. The quantitative estimate of drug-likeness (QED) is 0.267. The lowest BCUT2D eigenvalue weighted by molar-refractivity contribution is -0.201. The maximum absolute atomic E-state index is 11.8. The molecule has 0 unspecified atom stereocenters. The number of carbonyl (C=O) groups excluding carboxylic acids is 6. The first-order valence-corrected chi connectivity index (χ1v) is 7.02. The van der Waals surface area contributed by atoms with Crippen LogP contribution in [0.4, 0.5) is 0 Å². The molecule has 0 amide bonds. The third kappa shape index (κ3) is 9.92. The van der Waals surface area contributed by atoms with Crippen molar-refractivity contribution in [2.75, 3.05) is 6.61 Å². The predicted octanol–water partition coefficient (Wildman–Crippen LogP) is -0.525. The first-order valence-electron chi connectivity index (χ1n) is 10.6. The minimum absolute atomic E-state index is 0.0455. The van der Waals surface area contributed by atoms with Gasteiger partial charge in [0.05, 0.1) is 0 Å². The third-order valence-electron chi connectivity index (χ3n) is 2.64. The molecule has 0 heterocycles. The van der Waals surface area contributed by atoms with Gasteiger partial charge in [-0.15, -0.1) is 0 Å². The second-order valence-corrected chi connectivity index (χ2v) is 4.71. The molecule has 0 saturated heterocycles. The van der Waals surface area contributed by atoms with Crippen molar-refractivity contribution in [2.24, 2.45) is 0 Å². The molecule has 0 aliphatic rings. The molecule has 0 aliphatic heterocycles. The van der Waals surface area contributed by atoms with Crippen molar-refractivity contribution < 1.29 is 59.3 Å². The highest BCUT2D eigenvalue weighted by molar-refractivity contribution is 5.72.